The van der Waals surface area contributed by atoms with E-state index in [1.165, 1.54) is 11.3 Å². The first-order valence-corrected chi connectivity index (χ1v) is 12.3. The number of para-hydroxylation sites is 1. The number of halogens is 1. The lowest BCUT2D eigenvalue weighted by molar-refractivity contribution is 0.0356. The molecule has 3 aromatic rings. The number of fused-ring (bicyclic) bond motifs is 5. The summed E-state index contributed by atoms with van der Waals surface area (Å²) in [6.45, 7) is 4.46. The second-order valence-corrected chi connectivity index (χ2v) is 10.3. The Labute approximate surface area is 203 Å². The molecule has 3 aliphatic rings. The van der Waals surface area contributed by atoms with Gasteiger partial charge in [0.15, 0.2) is 0 Å². The lowest BCUT2D eigenvalue weighted by Crippen LogP contribution is -2.73. The van der Waals surface area contributed by atoms with Crippen molar-refractivity contribution >= 4 is 34.4 Å². The predicted octanol–water partition coefficient (Wildman–Crippen LogP) is 4.34. The molecule has 2 amide bonds. The molecule has 34 heavy (non-hydrogen) atoms. The number of rotatable bonds is 5. The van der Waals surface area contributed by atoms with Crippen LogP contribution in [-0.4, -0.2) is 34.2 Å². The minimum Gasteiger partial charge on any atom is -0.363 e. The van der Waals surface area contributed by atoms with Gasteiger partial charge in [0.05, 0.1) is 23.6 Å². The van der Waals surface area contributed by atoms with Crippen molar-refractivity contribution in [1.82, 2.24) is 20.2 Å². The Balaban J connectivity index is 1.35. The van der Waals surface area contributed by atoms with Gasteiger partial charge in [-0.05, 0) is 49.6 Å². The first-order valence-electron chi connectivity index (χ1n) is 11.9. The van der Waals surface area contributed by atoms with E-state index >= 15 is 0 Å². The quantitative estimate of drug-likeness (QED) is 0.538. The molecule has 4 atom stereocenters. The Kier molecular flexibility index (Phi) is 4.96. The van der Waals surface area contributed by atoms with E-state index in [0.29, 0.717) is 23.9 Å². The SMILES string of the molecule is CC1NC(=O)NC2CC3(CN(Cc4nc5cc(Cl)ccc5n4CCCC#N)c4ccccc43)C12. The maximum Gasteiger partial charge on any atom is 0.315 e. The molecule has 174 valence electrons. The van der Waals surface area contributed by atoms with E-state index < -0.39 is 0 Å². The molecule has 3 heterocycles. The Morgan fingerprint density at radius 2 is 2.12 bits per heavy atom. The Morgan fingerprint density at radius 1 is 1.26 bits per heavy atom. The molecule has 1 saturated heterocycles. The van der Waals surface area contributed by atoms with E-state index in [1.807, 2.05) is 18.2 Å². The van der Waals surface area contributed by atoms with Crippen molar-refractivity contribution in [1.29, 1.82) is 5.26 Å². The number of nitrogens with zero attached hydrogens (tertiary/aromatic N) is 4. The van der Waals surface area contributed by atoms with Crippen LogP contribution in [0.2, 0.25) is 5.02 Å². The average Bonchev–Trinajstić information content (AvgIpc) is 3.29. The van der Waals surface area contributed by atoms with Crippen LogP contribution in [0.1, 0.15) is 37.6 Å². The average molecular weight is 475 g/mol. The van der Waals surface area contributed by atoms with Gasteiger partial charge >= 0.3 is 6.03 Å². The number of nitriles is 1. The van der Waals surface area contributed by atoms with Gasteiger partial charge in [0.1, 0.15) is 5.82 Å². The number of carbonyl (C=O) groups excluding carboxylic acids is 1. The van der Waals surface area contributed by atoms with Gasteiger partial charge in [0, 0.05) is 53.6 Å². The maximum atomic E-state index is 12.0. The van der Waals surface area contributed by atoms with Crippen molar-refractivity contribution < 1.29 is 4.79 Å². The highest BCUT2D eigenvalue weighted by atomic mass is 35.5. The van der Waals surface area contributed by atoms with Crippen molar-refractivity contribution in [2.75, 3.05) is 11.4 Å². The van der Waals surface area contributed by atoms with Crippen molar-refractivity contribution in [3.05, 3.63) is 58.9 Å². The van der Waals surface area contributed by atoms with E-state index in [9.17, 15) is 4.79 Å². The monoisotopic (exact) mass is 474 g/mol. The van der Waals surface area contributed by atoms with Crippen molar-refractivity contribution in [3.8, 4) is 6.07 Å². The molecular formula is C26H27ClN6O. The minimum absolute atomic E-state index is 0.0162. The smallest absolute Gasteiger partial charge is 0.315 e. The van der Waals surface area contributed by atoms with Crippen LogP contribution < -0.4 is 15.5 Å². The van der Waals surface area contributed by atoms with Crippen LogP contribution in [0, 0.1) is 17.2 Å². The largest absolute Gasteiger partial charge is 0.363 e. The standard InChI is InChI=1S/C26H27ClN6O/c1-16-24-20(31-25(34)29-16)13-26(24)15-32(21-7-3-2-6-18(21)26)14-23-30-19-12-17(27)8-9-22(19)33(23)11-5-4-10-28/h2-3,6-9,12,16,20,24H,4-5,11,13-15H2,1H3,(H2,29,31,34). The number of carbonyl (C=O) groups is 1. The first kappa shape index (κ1) is 21.3. The maximum absolute atomic E-state index is 12.0. The molecule has 1 saturated carbocycles. The highest BCUT2D eigenvalue weighted by Crippen LogP contribution is 2.58. The van der Waals surface area contributed by atoms with Crippen molar-refractivity contribution in [2.24, 2.45) is 5.92 Å². The number of hydrogen-bond acceptors (Lipinski definition) is 4. The van der Waals surface area contributed by atoms with Gasteiger partial charge in [0.25, 0.3) is 0 Å². The molecule has 6 rings (SSSR count). The fourth-order valence-corrected chi connectivity index (χ4v) is 6.81. The molecule has 1 aliphatic carbocycles. The second-order valence-electron chi connectivity index (χ2n) is 9.85. The van der Waals surface area contributed by atoms with Crippen LogP contribution in [0.25, 0.3) is 11.0 Å². The Bertz CT molecular complexity index is 1320. The number of anilines is 1. The number of amides is 2. The summed E-state index contributed by atoms with van der Waals surface area (Å²) in [7, 11) is 0. The number of nitrogens with one attached hydrogen (secondary N) is 2. The van der Waals surface area contributed by atoms with Crippen LogP contribution in [0.3, 0.4) is 0 Å². The number of aryl methyl sites for hydroxylation is 1. The molecule has 2 aliphatic heterocycles. The lowest BCUT2D eigenvalue weighted by atomic mass is 9.52. The second kappa shape index (κ2) is 7.92. The summed E-state index contributed by atoms with van der Waals surface area (Å²) in [4.78, 5) is 19.4. The summed E-state index contributed by atoms with van der Waals surface area (Å²) >= 11 is 6.26. The van der Waals surface area contributed by atoms with Gasteiger partial charge in [-0.3, -0.25) is 0 Å². The molecule has 1 spiro atoms. The number of benzene rings is 2. The number of imidazole rings is 1. The molecule has 2 fully saturated rings. The molecule has 2 aromatic carbocycles. The summed E-state index contributed by atoms with van der Waals surface area (Å²) in [5.74, 6) is 1.34. The van der Waals surface area contributed by atoms with E-state index in [4.69, 9.17) is 21.8 Å². The lowest BCUT2D eigenvalue weighted by Gasteiger charge is -2.58. The molecule has 0 radical (unpaired) electrons. The highest BCUT2D eigenvalue weighted by Gasteiger charge is 2.62. The van der Waals surface area contributed by atoms with Crippen LogP contribution in [0.5, 0.6) is 0 Å². The molecule has 8 heteroatoms. The van der Waals surface area contributed by atoms with Crippen LogP contribution in [0.4, 0.5) is 10.5 Å². The minimum atomic E-state index is -0.0588. The van der Waals surface area contributed by atoms with Crippen LogP contribution >= 0.6 is 11.6 Å². The number of urea groups is 1. The zero-order chi connectivity index (χ0) is 23.4. The van der Waals surface area contributed by atoms with Gasteiger partial charge in [-0.1, -0.05) is 29.8 Å². The molecule has 2 N–H and O–H groups in total. The zero-order valence-electron chi connectivity index (χ0n) is 19.1. The summed E-state index contributed by atoms with van der Waals surface area (Å²) in [5, 5.41) is 15.9. The van der Waals surface area contributed by atoms with E-state index in [0.717, 1.165) is 42.8 Å². The van der Waals surface area contributed by atoms with Gasteiger partial charge in [-0.15, -0.1) is 0 Å². The molecule has 7 nitrogen and oxygen atoms in total. The van der Waals surface area contributed by atoms with Gasteiger partial charge < -0.3 is 20.1 Å². The fraction of sp³-hybridized carbons (Fsp3) is 0.423. The van der Waals surface area contributed by atoms with Crippen molar-refractivity contribution in [3.63, 3.8) is 0 Å². The van der Waals surface area contributed by atoms with Crippen molar-refractivity contribution in [2.45, 2.75) is 56.8 Å². The van der Waals surface area contributed by atoms with Crippen LogP contribution in [0.15, 0.2) is 42.5 Å². The van der Waals surface area contributed by atoms with E-state index in [-0.39, 0.29) is 23.5 Å². The molecular weight excluding hydrogens is 448 g/mol. The van der Waals surface area contributed by atoms with Gasteiger partial charge in [-0.25, -0.2) is 9.78 Å². The summed E-state index contributed by atoms with van der Waals surface area (Å²) < 4.78 is 2.24. The normalized spacial score (nSPS) is 27.0. The fourth-order valence-electron chi connectivity index (χ4n) is 6.65. The summed E-state index contributed by atoms with van der Waals surface area (Å²) in [6.07, 6.45) is 2.25. The molecule has 0 bridgehead atoms. The Morgan fingerprint density at radius 3 is 2.94 bits per heavy atom. The first-order chi connectivity index (χ1) is 16.5. The third-order valence-electron chi connectivity index (χ3n) is 7.92. The number of aromatic nitrogens is 2. The molecule has 1 aromatic heterocycles. The van der Waals surface area contributed by atoms with Crippen LogP contribution in [-0.2, 0) is 18.5 Å². The van der Waals surface area contributed by atoms with Gasteiger partial charge in [-0.2, -0.15) is 5.26 Å². The number of hydrogen-bond donors (Lipinski definition) is 2. The third-order valence-corrected chi connectivity index (χ3v) is 8.15. The van der Waals surface area contributed by atoms with E-state index in [1.54, 1.807) is 0 Å². The van der Waals surface area contributed by atoms with E-state index in [2.05, 4.69) is 57.4 Å². The van der Waals surface area contributed by atoms with Gasteiger partial charge in [0.2, 0.25) is 0 Å². The predicted molar refractivity (Wildman–Crippen MR) is 132 cm³/mol. The summed E-state index contributed by atoms with van der Waals surface area (Å²) in [6, 6.07) is 17.0. The zero-order valence-corrected chi connectivity index (χ0v) is 19.8. The third kappa shape index (κ3) is 3.16. The Hall–Kier alpha value is -3.24. The molecule has 4 unspecified atom stereocenters. The topological polar surface area (TPSA) is 86.0 Å². The highest BCUT2D eigenvalue weighted by molar-refractivity contribution is 6.31. The number of unbranched alkanes of at least 4 members (excludes halogenated alkanes) is 1. The summed E-state index contributed by atoms with van der Waals surface area (Å²) in [5.41, 5.74) is 4.58.